The lowest BCUT2D eigenvalue weighted by Crippen LogP contribution is -2.29. The Kier molecular flexibility index (Phi) is 6.59. The van der Waals surface area contributed by atoms with E-state index in [9.17, 15) is 14.4 Å². The van der Waals surface area contributed by atoms with Crippen molar-refractivity contribution < 1.29 is 19.5 Å². The number of hydrogen-bond acceptors (Lipinski definition) is 3. The fraction of sp³-hybridized carbons (Fsp3) is 0.688. The fourth-order valence-corrected chi connectivity index (χ4v) is 2.28. The maximum absolute atomic E-state index is 11.9. The molecule has 1 aliphatic rings. The summed E-state index contributed by atoms with van der Waals surface area (Å²) >= 11 is 0. The molecule has 1 atom stereocenters. The second kappa shape index (κ2) is 7.96. The molecule has 1 saturated carbocycles. The van der Waals surface area contributed by atoms with E-state index >= 15 is 0 Å². The number of carbonyl (C=O) groups excluding carboxylic acids is 2. The Bertz CT molecular complexity index is 469. The first kappa shape index (κ1) is 18.2. The molecule has 0 heterocycles. The average Bonchev–Trinajstić information content (AvgIpc) is 3.04. The monoisotopic (exact) mass is 310 g/mol. The van der Waals surface area contributed by atoms with E-state index in [1.165, 1.54) is 6.92 Å². The van der Waals surface area contributed by atoms with E-state index in [1.807, 2.05) is 13.8 Å². The Morgan fingerprint density at radius 3 is 2.36 bits per heavy atom. The summed E-state index contributed by atoms with van der Waals surface area (Å²) in [5, 5.41) is 14.4. The first-order valence-corrected chi connectivity index (χ1v) is 7.73. The van der Waals surface area contributed by atoms with Crippen molar-refractivity contribution in [1.29, 1.82) is 0 Å². The van der Waals surface area contributed by atoms with Crippen LogP contribution in [0.15, 0.2) is 11.8 Å². The van der Waals surface area contributed by atoms with Crippen LogP contribution in [-0.2, 0) is 14.4 Å². The number of unbranched alkanes of at least 4 members (excludes halogenated alkanes) is 3. The molecule has 0 aromatic heterocycles. The van der Waals surface area contributed by atoms with Crippen LogP contribution >= 0.6 is 0 Å². The zero-order chi connectivity index (χ0) is 16.8. The number of hydrogen-bond donors (Lipinski definition) is 3. The zero-order valence-corrected chi connectivity index (χ0v) is 13.6. The van der Waals surface area contributed by atoms with Gasteiger partial charge in [0.2, 0.25) is 11.8 Å². The van der Waals surface area contributed by atoms with Gasteiger partial charge in [-0.1, -0.05) is 26.3 Å². The molecule has 0 radical (unpaired) electrons. The predicted octanol–water partition coefficient (Wildman–Crippen LogP) is 1.81. The SMILES string of the molecule is CC(=O)NCCCCCC=C(NC(=O)C1CC1(C)C)C(=O)O. The Morgan fingerprint density at radius 1 is 1.23 bits per heavy atom. The van der Waals surface area contributed by atoms with Crippen molar-refractivity contribution in [2.24, 2.45) is 11.3 Å². The van der Waals surface area contributed by atoms with Crippen LogP contribution in [-0.4, -0.2) is 29.4 Å². The van der Waals surface area contributed by atoms with Gasteiger partial charge in [0.05, 0.1) is 0 Å². The molecule has 1 aliphatic carbocycles. The van der Waals surface area contributed by atoms with Crippen molar-refractivity contribution in [3.05, 3.63) is 11.8 Å². The van der Waals surface area contributed by atoms with Gasteiger partial charge in [-0.15, -0.1) is 0 Å². The molecular formula is C16H26N2O4. The minimum atomic E-state index is -1.11. The van der Waals surface area contributed by atoms with Gasteiger partial charge >= 0.3 is 5.97 Å². The second-order valence-electron chi connectivity index (χ2n) is 6.49. The quantitative estimate of drug-likeness (QED) is 0.447. The molecule has 0 spiro atoms. The molecule has 0 aliphatic heterocycles. The van der Waals surface area contributed by atoms with E-state index < -0.39 is 5.97 Å². The predicted molar refractivity (Wildman–Crippen MR) is 82.9 cm³/mol. The molecule has 0 aromatic rings. The number of aliphatic carboxylic acids is 1. The molecule has 2 amide bonds. The van der Waals surface area contributed by atoms with Gasteiger partial charge in [-0.05, 0) is 31.1 Å². The first-order valence-electron chi connectivity index (χ1n) is 7.73. The van der Waals surface area contributed by atoms with Crippen LogP contribution in [0.25, 0.3) is 0 Å². The van der Waals surface area contributed by atoms with Gasteiger partial charge in [-0.25, -0.2) is 4.79 Å². The van der Waals surface area contributed by atoms with Gasteiger partial charge < -0.3 is 15.7 Å². The fourth-order valence-electron chi connectivity index (χ4n) is 2.28. The van der Waals surface area contributed by atoms with Gasteiger partial charge in [-0.2, -0.15) is 0 Å². The van der Waals surface area contributed by atoms with Crippen LogP contribution in [0, 0.1) is 11.3 Å². The van der Waals surface area contributed by atoms with Crippen molar-refractivity contribution in [3.8, 4) is 0 Å². The summed E-state index contributed by atoms with van der Waals surface area (Å²) in [6, 6.07) is 0. The molecule has 124 valence electrons. The third-order valence-corrected chi connectivity index (χ3v) is 3.92. The van der Waals surface area contributed by atoms with Crippen LogP contribution in [0.2, 0.25) is 0 Å². The van der Waals surface area contributed by atoms with Crippen LogP contribution in [0.5, 0.6) is 0 Å². The zero-order valence-electron chi connectivity index (χ0n) is 13.6. The summed E-state index contributed by atoms with van der Waals surface area (Å²) in [4.78, 5) is 33.7. The van der Waals surface area contributed by atoms with Gasteiger partial charge in [0.1, 0.15) is 5.70 Å². The summed E-state index contributed by atoms with van der Waals surface area (Å²) in [7, 11) is 0. The molecule has 3 N–H and O–H groups in total. The summed E-state index contributed by atoms with van der Waals surface area (Å²) in [5.74, 6) is -1.44. The van der Waals surface area contributed by atoms with E-state index in [4.69, 9.17) is 5.11 Å². The smallest absolute Gasteiger partial charge is 0.352 e. The highest BCUT2D eigenvalue weighted by molar-refractivity contribution is 5.94. The van der Waals surface area contributed by atoms with Crippen molar-refractivity contribution in [2.75, 3.05) is 6.54 Å². The van der Waals surface area contributed by atoms with E-state index in [0.717, 1.165) is 25.7 Å². The molecule has 1 rings (SSSR count). The second-order valence-corrected chi connectivity index (χ2v) is 6.49. The Labute approximate surface area is 131 Å². The van der Waals surface area contributed by atoms with Crippen LogP contribution < -0.4 is 10.6 Å². The normalized spacial score (nSPS) is 19.4. The first-order chi connectivity index (χ1) is 10.2. The van der Waals surface area contributed by atoms with E-state index in [0.29, 0.717) is 13.0 Å². The highest BCUT2D eigenvalue weighted by Gasteiger charge is 2.50. The van der Waals surface area contributed by atoms with Crippen LogP contribution in [0.1, 0.15) is 52.9 Å². The number of nitrogens with one attached hydrogen (secondary N) is 2. The maximum atomic E-state index is 11.9. The molecule has 1 fully saturated rings. The van der Waals surface area contributed by atoms with Gasteiger partial charge in [0.15, 0.2) is 0 Å². The molecule has 0 bridgehead atoms. The van der Waals surface area contributed by atoms with Crippen molar-refractivity contribution >= 4 is 17.8 Å². The molecule has 6 nitrogen and oxygen atoms in total. The highest BCUT2D eigenvalue weighted by atomic mass is 16.4. The average molecular weight is 310 g/mol. The van der Waals surface area contributed by atoms with Crippen molar-refractivity contribution in [3.63, 3.8) is 0 Å². The highest BCUT2D eigenvalue weighted by Crippen LogP contribution is 2.51. The van der Waals surface area contributed by atoms with E-state index in [1.54, 1.807) is 6.08 Å². The standard InChI is InChI=1S/C16H26N2O4/c1-11(19)17-9-7-5-4-6-8-13(15(21)22)18-14(20)12-10-16(12,2)3/h8,12H,4-7,9-10H2,1-3H3,(H,17,19)(H,18,20)(H,21,22). The third-order valence-electron chi connectivity index (χ3n) is 3.92. The maximum Gasteiger partial charge on any atom is 0.352 e. The summed E-state index contributed by atoms with van der Waals surface area (Å²) in [6.45, 7) is 6.11. The number of allylic oxidation sites excluding steroid dienone is 1. The lowest BCUT2D eigenvalue weighted by Gasteiger charge is -2.07. The Morgan fingerprint density at radius 2 is 1.86 bits per heavy atom. The minimum absolute atomic E-state index is 0.0165. The summed E-state index contributed by atoms with van der Waals surface area (Å²) < 4.78 is 0. The van der Waals surface area contributed by atoms with Crippen molar-refractivity contribution in [2.45, 2.75) is 52.9 Å². The summed E-state index contributed by atoms with van der Waals surface area (Å²) in [5.41, 5.74) is -0.0493. The lowest BCUT2D eigenvalue weighted by molar-refractivity contribution is -0.135. The van der Waals surface area contributed by atoms with Gasteiger partial charge in [0.25, 0.3) is 0 Å². The number of rotatable bonds is 9. The largest absolute Gasteiger partial charge is 0.477 e. The van der Waals surface area contributed by atoms with Gasteiger partial charge in [0, 0.05) is 19.4 Å². The number of amides is 2. The third kappa shape index (κ3) is 6.28. The summed E-state index contributed by atoms with van der Waals surface area (Å²) in [6.07, 6.45) is 5.53. The van der Waals surface area contributed by atoms with E-state index in [-0.39, 0.29) is 28.8 Å². The number of carboxylic acid groups (broad SMARTS) is 1. The molecule has 1 unspecified atom stereocenters. The molecule has 0 saturated heterocycles. The van der Waals surface area contributed by atoms with Crippen molar-refractivity contribution in [1.82, 2.24) is 10.6 Å². The lowest BCUT2D eigenvalue weighted by atomic mass is 10.1. The Hall–Kier alpha value is -1.85. The van der Waals surface area contributed by atoms with Gasteiger partial charge in [-0.3, -0.25) is 9.59 Å². The molecule has 22 heavy (non-hydrogen) atoms. The van der Waals surface area contributed by atoms with Crippen LogP contribution in [0.4, 0.5) is 0 Å². The van der Waals surface area contributed by atoms with E-state index in [2.05, 4.69) is 10.6 Å². The minimum Gasteiger partial charge on any atom is -0.477 e. The number of carboxylic acids is 1. The molecule has 0 aromatic carbocycles. The molecular weight excluding hydrogens is 284 g/mol. The van der Waals surface area contributed by atoms with Crippen LogP contribution in [0.3, 0.4) is 0 Å². The Balaban J connectivity index is 2.29. The topological polar surface area (TPSA) is 95.5 Å². The molecule has 6 heteroatoms. The number of carbonyl (C=O) groups is 3.